The lowest BCUT2D eigenvalue weighted by atomic mass is 9.71. The minimum atomic E-state index is -0.587. The summed E-state index contributed by atoms with van der Waals surface area (Å²) >= 11 is 0. The van der Waals surface area contributed by atoms with E-state index in [1.807, 2.05) is 30.3 Å². The predicted octanol–water partition coefficient (Wildman–Crippen LogP) is 2.42. The zero-order chi connectivity index (χ0) is 24.9. The van der Waals surface area contributed by atoms with E-state index in [4.69, 9.17) is 5.26 Å². The van der Waals surface area contributed by atoms with Crippen molar-refractivity contribution in [3.05, 3.63) is 64.7 Å². The summed E-state index contributed by atoms with van der Waals surface area (Å²) in [5.41, 5.74) is 4.96. The van der Waals surface area contributed by atoms with Crippen LogP contribution >= 0.6 is 0 Å². The molecule has 1 atom stereocenters. The first-order valence-corrected chi connectivity index (χ1v) is 12.7. The van der Waals surface area contributed by atoms with Crippen molar-refractivity contribution in [2.75, 3.05) is 31.1 Å². The lowest BCUT2D eigenvalue weighted by molar-refractivity contribution is -0.136. The van der Waals surface area contributed by atoms with Gasteiger partial charge in [0, 0.05) is 54.8 Å². The number of hydrogen-bond acceptors (Lipinski definition) is 6. The number of nitriles is 1. The fourth-order valence-corrected chi connectivity index (χ4v) is 6.30. The molecule has 1 spiro atoms. The van der Waals surface area contributed by atoms with Crippen LogP contribution in [0.15, 0.2) is 42.5 Å². The summed E-state index contributed by atoms with van der Waals surface area (Å²) < 4.78 is 0. The molecule has 4 aliphatic heterocycles. The zero-order valence-corrected chi connectivity index (χ0v) is 20.2. The third-order valence-electron chi connectivity index (χ3n) is 8.33. The predicted molar refractivity (Wildman–Crippen MR) is 133 cm³/mol. The SMILES string of the molecule is N#Cc1cccc(CN2CCC3(CC2)CN(c2cccc4c2CN(C2CCC(=O)NC2=O)C4=O)C3)c1. The molecule has 4 aliphatic rings. The number of likely N-dealkylation sites (tertiary alicyclic amines) is 1. The number of piperidine rings is 2. The van der Waals surface area contributed by atoms with Gasteiger partial charge in [-0.1, -0.05) is 18.2 Å². The topological polar surface area (TPSA) is 96.8 Å². The van der Waals surface area contributed by atoms with Gasteiger partial charge < -0.3 is 9.80 Å². The van der Waals surface area contributed by atoms with Gasteiger partial charge in [0.05, 0.1) is 11.6 Å². The Labute approximate surface area is 210 Å². The van der Waals surface area contributed by atoms with Crippen molar-refractivity contribution in [2.45, 2.75) is 44.8 Å². The van der Waals surface area contributed by atoms with Crippen LogP contribution in [0.1, 0.15) is 52.7 Å². The summed E-state index contributed by atoms with van der Waals surface area (Å²) in [5, 5.41) is 11.5. The van der Waals surface area contributed by atoms with Crippen molar-refractivity contribution < 1.29 is 14.4 Å². The van der Waals surface area contributed by atoms with E-state index in [1.54, 1.807) is 4.90 Å². The summed E-state index contributed by atoms with van der Waals surface area (Å²) in [6.07, 6.45) is 2.91. The van der Waals surface area contributed by atoms with Gasteiger partial charge in [0.15, 0.2) is 0 Å². The second kappa shape index (κ2) is 8.75. The molecule has 0 bridgehead atoms. The molecule has 8 nitrogen and oxygen atoms in total. The van der Waals surface area contributed by atoms with Crippen molar-refractivity contribution in [3.63, 3.8) is 0 Å². The normalized spacial score (nSPS) is 23.3. The van der Waals surface area contributed by atoms with Crippen LogP contribution in [0.2, 0.25) is 0 Å². The number of imide groups is 1. The van der Waals surface area contributed by atoms with Gasteiger partial charge in [-0.05, 0) is 62.2 Å². The summed E-state index contributed by atoms with van der Waals surface area (Å²) in [5.74, 6) is -0.762. The average Bonchev–Trinajstić information content (AvgIpc) is 3.20. The van der Waals surface area contributed by atoms with E-state index in [1.165, 1.54) is 5.56 Å². The van der Waals surface area contributed by atoms with Crippen LogP contribution in [-0.4, -0.2) is 59.7 Å². The van der Waals surface area contributed by atoms with E-state index in [9.17, 15) is 14.4 Å². The maximum atomic E-state index is 13.1. The molecule has 3 saturated heterocycles. The number of amides is 3. The van der Waals surface area contributed by atoms with E-state index < -0.39 is 6.04 Å². The smallest absolute Gasteiger partial charge is 0.255 e. The zero-order valence-electron chi connectivity index (χ0n) is 20.2. The maximum Gasteiger partial charge on any atom is 0.255 e. The monoisotopic (exact) mass is 483 g/mol. The van der Waals surface area contributed by atoms with Crippen LogP contribution < -0.4 is 10.2 Å². The minimum Gasteiger partial charge on any atom is -0.370 e. The fourth-order valence-electron chi connectivity index (χ4n) is 6.30. The molecule has 36 heavy (non-hydrogen) atoms. The molecule has 184 valence electrons. The first-order valence-electron chi connectivity index (χ1n) is 12.7. The van der Waals surface area contributed by atoms with Crippen molar-refractivity contribution in [1.29, 1.82) is 5.26 Å². The molecule has 3 fully saturated rings. The van der Waals surface area contributed by atoms with Crippen LogP contribution in [0.5, 0.6) is 0 Å². The minimum absolute atomic E-state index is 0.120. The number of nitrogens with zero attached hydrogens (tertiary/aromatic N) is 4. The lowest BCUT2D eigenvalue weighted by Crippen LogP contribution is -2.60. The standard InChI is InChI=1S/C28H29N5O3/c29-14-19-3-1-4-20(13-19)15-31-11-9-28(10-12-31)17-32(18-28)23-6-2-5-21-22(23)16-33(27(21)36)24-7-8-25(34)30-26(24)35/h1-6,13,24H,7-12,15-18H2,(H,30,34,35). The number of carbonyl (C=O) groups excluding carboxylic acids is 3. The second-order valence-electron chi connectivity index (χ2n) is 10.6. The van der Waals surface area contributed by atoms with Crippen molar-refractivity contribution in [2.24, 2.45) is 5.41 Å². The summed E-state index contributed by atoms with van der Waals surface area (Å²) in [4.78, 5) is 43.6. The Morgan fingerprint density at radius 3 is 2.58 bits per heavy atom. The molecule has 4 heterocycles. The molecule has 0 aliphatic carbocycles. The number of carbonyl (C=O) groups is 3. The van der Waals surface area contributed by atoms with Gasteiger partial charge in [-0.2, -0.15) is 5.26 Å². The number of nitrogens with one attached hydrogen (secondary N) is 1. The van der Waals surface area contributed by atoms with Gasteiger partial charge in [0.25, 0.3) is 5.91 Å². The molecule has 0 radical (unpaired) electrons. The Bertz CT molecular complexity index is 1280. The molecule has 1 N–H and O–H groups in total. The average molecular weight is 484 g/mol. The first kappa shape index (κ1) is 22.7. The Morgan fingerprint density at radius 2 is 1.83 bits per heavy atom. The highest BCUT2D eigenvalue weighted by Gasteiger charge is 2.47. The highest BCUT2D eigenvalue weighted by molar-refractivity contribution is 6.06. The molecule has 2 aromatic carbocycles. The largest absolute Gasteiger partial charge is 0.370 e. The van der Waals surface area contributed by atoms with E-state index in [2.05, 4.69) is 33.3 Å². The summed E-state index contributed by atoms with van der Waals surface area (Å²) in [7, 11) is 0. The second-order valence-corrected chi connectivity index (χ2v) is 10.6. The quantitative estimate of drug-likeness (QED) is 0.671. The highest BCUT2D eigenvalue weighted by atomic mass is 16.2. The van der Waals surface area contributed by atoms with E-state index >= 15 is 0 Å². The van der Waals surface area contributed by atoms with Gasteiger partial charge in [0.1, 0.15) is 6.04 Å². The third kappa shape index (κ3) is 3.94. The van der Waals surface area contributed by atoms with Crippen LogP contribution in [0.3, 0.4) is 0 Å². The third-order valence-corrected chi connectivity index (χ3v) is 8.33. The molecule has 2 aromatic rings. The van der Waals surface area contributed by atoms with E-state index in [-0.39, 0.29) is 24.1 Å². The number of anilines is 1. The molecule has 3 amide bonds. The fraction of sp³-hybridized carbons (Fsp3) is 0.429. The molecule has 0 aromatic heterocycles. The Kier molecular flexibility index (Phi) is 5.53. The summed E-state index contributed by atoms with van der Waals surface area (Å²) in [6.45, 7) is 5.33. The molecule has 8 heteroatoms. The van der Waals surface area contributed by atoms with E-state index in [0.717, 1.165) is 56.8 Å². The number of benzene rings is 2. The molecule has 0 saturated carbocycles. The summed E-state index contributed by atoms with van der Waals surface area (Å²) in [6, 6.07) is 15.4. The van der Waals surface area contributed by atoms with Crippen LogP contribution in [0, 0.1) is 16.7 Å². The number of rotatable bonds is 4. The van der Waals surface area contributed by atoms with Gasteiger partial charge >= 0.3 is 0 Å². The molecular formula is C28H29N5O3. The van der Waals surface area contributed by atoms with E-state index in [0.29, 0.717) is 29.5 Å². The van der Waals surface area contributed by atoms with Crippen molar-refractivity contribution >= 4 is 23.4 Å². The number of fused-ring (bicyclic) bond motifs is 1. The van der Waals surface area contributed by atoms with Crippen LogP contribution in [0.4, 0.5) is 5.69 Å². The van der Waals surface area contributed by atoms with Gasteiger partial charge in [-0.15, -0.1) is 0 Å². The highest BCUT2D eigenvalue weighted by Crippen LogP contribution is 2.45. The Hall–Kier alpha value is -3.70. The molecule has 1 unspecified atom stereocenters. The van der Waals surface area contributed by atoms with Gasteiger partial charge in [-0.25, -0.2) is 0 Å². The Morgan fingerprint density at radius 1 is 1.06 bits per heavy atom. The number of hydrogen-bond donors (Lipinski definition) is 1. The van der Waals surface area contributed by atoms with Crippen LogP contribution in [0.25, 0.3) is 0 Å². The van der Waals surface area contributed by atoms with Crippen LogP contribution in [-0.2, 0) is 22.7 Å². The van der Waals surface area contributed by atoms with Crippen molar-refractivity contribution in [1.82, 2.24) is 15.1 Å². The maximum absolute atomic E-state index is 13.1. The molecule has 6 rings (SSSR count). The van der Waals surface area contributed by atoms with Gasteiger partial charge in [0.2, 0.25) is 11.8 Å². The van der Waals surface area contributed by atoms with Crippen molar-refractivity contribution in [3.8, 4) is 6.07 Å². The van der Waals surface area contributed by atoms with Gasteiger partial charge in [-0.3, -0.25) is 24.6 Å². The first-order chi connectivity index (χ1) is 17.4. The lowest BCUT2D eigenvalue weighted by Gasteiger charge is -2.55. The Balaban J connectivity index is 1.09. The molecular weight excluding hydrogens is 454 g/mol.